The highest BCUT2D eigenvalue weighted by atomic mass is 16.2. The molecule has 3 unspecified atom stereocenters. The molecule has 3 nitrogen and oxygen atoms in total. The second kappa shape index (κ2) is 4.47. The van der Waals surface area contributed by atoms with Gasteiger partial charge in [0.2, 0.25) is 5.91 Å². The van der Waals surface area contributed by atoms with Gasteiger partial charge in [0.05, 0.1) is 6.04 Å². The van der Waals surface area contributed by atoms with E-state index in [-0.39, 0.29) is 11.9 Å². The number of hydrogen-bond acceptors (Lipinski definition) is 2. The molecule has 1 saturated heterocycles. The zero-order valence-corrected chi connectivity index (χ0v) is 12.6. The first-order chi connectivity index (χ1) is 8.95. The van der Waals surface area contributed by atoms with E-state index in [4.69, 9.17) is 0 Å². The summed E-state index contributed by atoms with van der Waals surface area (Å²) >= 11 is 0. The molecule has 0 aromatic carbocycles. The van der Waals surface area contributed by atoms with Gasteiger partial charge in [0.25, 0.3) is 0 Å². The Labute approximate surface area is 116 Å². The van der Waals surface area contributed by atoms with Gasteiger partial charge in [-0.3, -0.25) is 4.79 Å². The van der Waals surface area contributed by atoms with Gasteiger partial charge in [0.15, 0.2) is 0 Å². The van der Waals surface area contributed by atoms with Gasteiger partial charge in [0, 0.05) is 6.04 Å². The Morgan fingerprint density at radius 3 is 2.53 bits per heavy atom. The molecule has 19 heavy (non-hydrogen) atoms. The molecule has 4 atom stereocenters. The molecule has 1 aliphatic heterocycles. The summed E-state index contributed by atoms with van der Waals surface area (Å²) in [5.74, 6) is 1.04. The first kappa shape index (κ1) is 13.4. The molecular weight excluding hydrogens is 236 g/mol. The smallest absolute Gasteiger partial charge is 0.237 e. The van der Waals surface area contributed by atoms with Crippen LogP contribution in [0, 0.1) is 16.7 Å². The van der Waals surface area contributed by atoms with Crippen molar-refractivity contribution in [3.8, 4) is 0 Å². The first-order valence-electron chi connectivity index (χ1n) is 7.99. The Kier molecular flexibility index (Phi) is 3.16. The molecule has 3 rings (SSSR count). The summed E-state index contributed by atoms with van der Waals surface area (Å²) in [6.07, 6.45) is 7.19. The fourth-order valence-corrected chi connectivity index (χ4v) is 4.77. The maximum absolute atomic E-state index is 12.4. The van der Waals surface area contributed by atoms with Gasteiger partial charge in [-0.2, -0.15) is 0 Å². The largest absolute Gasteiger partial charge is 0.351 e. The van der Waals surface area contributed by atoms with Crippen molar-refractivity contribution in [2.75, 3.05) is 6.54 Å². The fourth-order valence-electron chi connectivity index (χ4n) is 4.77. The van der Waals surface area contributed by atoms with Crippen LogP contribution in [0.15, 0.2) is 0 Å². The SMILES string of the molecule is CC1(C)C2CCC1(C)C(NC(=O)[C@H]1CCCCN1)C2. The molecule has 1 amide bonds. The topological polar surface area (TPSA) is 41.1 Å². The maximum atomic E-state index is 12.4. The van der Waals surface area contributed by atoms with Crippen LogP contribution < -0.4 is 10.6 Å². The predicted molar refractivity (Wildman–Crippen MR) is 76.8 cm³/mol. The summed E-state index contributed by atoms with van der Waals surface area (Å²) in [7, 11) is 0. The molecule has 3 aliphatic rings. The lowest BCUT2D eigenvalue weighted by Gasteiger charge is -2.40. The van der Waals surface area contributed by atoms with E-state index in [9.17, 15) is 4.79 Å². The second-order valence-corrected chi connectivity index (χ2v) is 7.67. The molecule has 0 aromatic rings. The van der Waals surface area contributed by atoms with Gasteiger partial charge in [-0.15, -0.1) is 0 Å². The average Bonchev–Trinajstić information content (AvgIpc) is 2.73. The van der Waals surface area contributed by atoms with Crippen molar-refractivity contribution in [3.63, 3.8) is 0 Å². The molecule has 2 aliphatic carbocycles. The van der Waals surface area contributed by atoms with Crippen LogP contribution in [-0.4, -0.2) is 24.5 Å². The monoisotopic (exact) mass is 264 g/mol. The van der Waals surface area contributed by atoms with Crippen molar-refractivity contribution in [2.24, 2.45) is 16.7 Å². The van der Waals surface area contributed by atoms with E-state index in [2.05, 4.69) is 31.4 Å². The highest BCUT2D eigenvalue weighted by Gasteiger charge is 2.61. The van der Waals surface area contributed by atoms with Crippen LogP contribution in [0.4, 0.5) is 0 Å². The second-order valence-electron chi connectivity index (χ2n) is 7.67. The molecule has 0 aromatic heterocycles. The molecule has 3 heteroatoms. The summed E-state index contributed by atoms with van der Waals surface area (Å²) in [6, 6.07) is 0.442. The summed E-state index contributed by atoms with van der Waals surface area (Å²) in [4.78, 5) is 12.4. The van der Waals surface area contributed by atoms with E-state index in [0.717, 1.165) is 18.9 Å². The van der Waals surface area contributed by atoms with Crippen LogP contribution in [0.2, 0.25) is 0 Å². The highest BCUT2D eigenvalue weighted by molar-refractivity contribution is 5.82. The normalized spacial score (nSPS) is 44.3. The summed E-state index contributed by atoms with van der Waals surface area (Å²) in [6.45, 7) is 8.18. The number of rotatable bonds is 2. The fraction of sp³-hybridized carbons (Fsp3) is 0.938. The van der Waals surface area contributed by atoms with Gasteiger partial charge in [-0.1, -0.05) is 27.2 Å². The number of nitrogens with one attached hydrogen (secondary N) is 2. The third-order valence-electron chi connectivity index (χ3n) is 6.74. The predicted octanol–water partition coefficient (Wildman–Crippen LogP) is 2.46. The van der Waals surface area contributed by atoms with Crippen molar-refractivity contribution >= 4 is 5.91 Å². The standard InChI is InChI=1S/C16H28N2O/c1-15(2)11-7-8-16(15,3)13(10-11)18-14(19)12-6-4-5-9-17-12/h11-13,17H,4-10H2,1-3H3,(H,18,19)/t11?,12-,13?,16?/m1/s1. The van der Waals surface area contributed by atoms with Crippen LogP contribution in [0.5, 0.6) is 0 Å². The quantitative estimate of drug-likeness (QED) is 0.804. The zero-order valence-electron chi connectivity index (χ0n) is 12.6. The van der Waals surface area contributed by atoms with Crippen LogP contribution in [0.1, 0.15) is 59.3 Å². The molecule has 2 bridgehead atoms. The molecule has 108 valence electrons. The molecule has 3 fully saturated rings. The molecule has 2 saturated carbocycles. The van der Waals surface area contributed by atoms with E-state index in [1.54, 1.807) is 0 Å². The van der Waals surface area contributed by atoms with E-state index in [1.165, 1.54) is 32.1 Å². The number of hydrogen-bond donors (Lipinski definition) is 2. The van der Waals surface area contributed by atoms with Gasteiger partial charge >= 0.3 is 0 Å². The van der Waals surface area contributed by atoms with Crippen LogP contribution >= 0.6 is 0 Å². The lowest BCUT2D eigenvalue weighted by atomic mass is 9.69. The Hall–Kier alpha value is -0.570. The Morgan fingerprint density at radius 2 is 2.00 bits per heavy atom. The van der Waals surface area contributed by atoms with E-state index in [0.29, 0.717) is 16.9 Å². The minimum Gasteiger partial charge on any atom is -0.351 e. The van der Waals surface area contributed by atoms with Gasteiger partial charge in [-0.05, 0) is 55.4 Å². The van der Waals surface area contributed by atoms with Crippen LogP contribution in [0.3, 0.4) is 0 Å². The van der Waals surface area contributed by atoms with Gasteiger partial charge < -0.3 is 10.6 Å². The molecule has 0 radical (unpaired) electrons. The Balaban J connectivity index is 1.66. The Morgan fingerprint density at radius 1 is 1.21 bits per heavy atom. The highest BCUT2D eigenvalue weighted by Crippen LogP contribution is 2.65. The minimum atomic E-state index is 0.0552. The van der Waals surface area contributed by atoms with Crippen LogP contribution in [0.25, 0.3) is 0 Å². The summed E-state index contributed by atoms with van der Waals surface area (Å²) in [5, 5.41) is 6.73. The number of piperidine rings is 1. The third kappa shape index (κ3) is 1.93. The molecule has 2 N–H and O–H groups in total. The number of amides is 1. The molecule has 1 heterocycles. The number of carbonyl (C=O) groups excluding carboxylic acids is 1. The van der Waals surface area contributed by atoms with Crippen molar-refractivity contribution in [2.45, 2.75) is 71.4 Å². The van der Waals surface area contributed by atoms with E-state index >= 15 is 0 Å². The minimum absolute atomic E-state index is 0.0552. The zero-order chi connectivity index (χ0) is 13.7. The maximum Gasteiger partial charge on any atom is 0.237 e. The van der Waals surface area contributed by atoms with Gasteiger partial charge in [0.1, 0.15) is 0 Å². The van der Waals surface area contributed by atoms with Crippen LogP contribution in [-0.2, 0) is 4.79 Å². The number of carbonyl (C=O) groups is 1. The molecule has 0 spiro atoms. The van der Waals surface area contributed by atoms with Crippen molar-refractivity contribution in [1.29, 1.82) is 0 Å². The lowest BCUT2D eigenvalue weighted by Crippen LogP contribution is -2.53. The average molecular weight is 264 g/mol. The summed E-state index contributed by atoms with van der Waals surface area (Å²) in [5.41, 5.74) is 0.674. The first-order valence-corrected chi connectivity index (χ1v) is 7.99. The number of fused-ring (bicyclic) bond motifs is 2. The van der Waals surface area contributed by atoms with E-state index in [1.807, 2.05) is 0 Å². The van der Waals surface area contributed by atoms with Crippen molar-refractivity contribution in [3.05, 3.63) is 0 Å². The van der Waals surface area contributed by atoms with Crippen molar-refractivity contribution < 1.29 is 4.79 Å². The third-order valence-corrected chi connectivity index (χ3v) is 6.74. The Bertz CT molecular complexity index is 373. The molecular formula is C16H28N2O. The van der Waals surface area contributed by atoms with Crippen molar-refractivity contribution in [1.82, 2.24) is 10.6 Å². The lowest BCUT2D eigenvalue weighted by molar-refractivity contribution is -0.125. The van der Waals surface area contributed by atoms with Gasteiger partial charge in [-0.25, -0.2) is 0 Å². The van der Waals surface area contributed by atoms with E-state index < -0.39 is 0 Å². The summed E-state index contributed by atoms with van der Waals surface area (Å²) < 4.78 is 0.